The zero-order valence-electron chi connectivity index (χ0n) is 10.5. The van der Waals surface area contributed by atoms with Gasteiger partial charge < -0.3 is 10.2 Å². The van der Waals surface area contributed by atoms with Crippen LogP contribution in [0, 0.1) is 5.82 Å². The molecule has 1 aliphatic rings. The monoisotopic (exact) mass is 250 g/mol. The van der Waals surface area contributed by atoms with Crippen LogP contribution in [-0.2, 0) is 0 Å². The Morgan fingerprint density at radius 1 is 1.28 bits per heavy atom. The maximum atomic E-state index is 13.4. The molecule has 0 aromatic heterocycles. The number of halogens is 1. The van der Waals surface area contributed by atoms with Gasteiger partial charge in [0, 0.05) is 32.6 Å². The summed E-state index contributed by atoms with van der Waals surface area (Å²) in [6, 6.07) is 6.20. The van der Waals surface area contributed by atoms with E-state index in [1.807, 2.05) is 0 Å². The van der Waals surface area contributed by atoms with Gasteiger partial charge in [-0.25, -0.2) is 4.39 Å². The third kappa shape index (κ3) is 3.62. The molecule has 0 radical (unpaired) electrons. The van der Waals surface area contributed by atoms with E-state index in [4.69, 9.17) is 0 Å². The molecule has 98 valence electrons. The summed E-state index contributed by atoms with van der Waals surface area (Å²) in [6.07, 6.45) is 1.22. The molecule has 0 bridgehead atoms. The number of piperazine rings is 1. The normalized spacial score (nSPS) is 16.7. The van der Waals surface area contributed by atoms with E-state index >= 15 is 0 Å². The average molecular weight is 250 g/mol. The lowest BCUT2D eigenvalue weighted by Gasteiger charge is -2.26. The third-order valence-corrected chi connectivity index (χ3v) is 3.26. The molecule has 0 atom stereocenters. The van der Waals surface area contributed by atoms with Gasteiger partial charge in [0.1, 0.15) is 5.82 Å². The van der Waals surface area contributed by atoms with E-state index in [-0.39, 0.29) is 11.3 Å². The molecule has 3 nitrogen and oxygen atoms in total. The Balaban J connectivity index is 1.76. The second-order valence-electron chi connectivity index (χ2n) is 4.60. The van der Waals surface area contributed by atoms with Crippen LogP contribution in [0.1, 0.15) is 23.2 Å². The maximum Gasteiger partial charge on any atom is 0.165 e. The molecule has 4 heteroatoms. The van der Waals surface area contributed by atoms with Crippen molar-refractivity contribution in [2.24, 2.45) is 0 Å². The summed E-state index contributed by atoms with van der Waals surface area (Å²) in [5, 5.41) is 3.29. The summed E-state index contributed by atoms with van der Waals surface area (Å²) in [4.78, 5) is 14.2. The zero-order valence-corrected chi connectivity index (χ0v) is 10.5. The number of ketones is 1. The lowest BCUT2D eigenvalue weighted by Crippen LogP contribution is -2.43. The Labute approximate surface area is 107 Å². The first kappa shape index (κ1) is 13.2. The van der Waals surface area contributed by atoms with Crippen molar-refractivity contribution in [2.75, 3.05) is 32.7 Å². The van der Waals surface area contributed by atoms with Gasteiger partial charge in [0.05, 0.1) is 5.56 Å². The highest BCUT2D eigenvalue weighted by Gasteiger charge is 2.12. The number of carbonyl (C=O) groups is 1. The summed E-state index contributed by atoms with van der Waals surface area (Å²) in [7, 11) is 0. The van der Waals surface area contributed by atoms with Crippen molar-refractivity contribution in [3.63, 3.8) is 0 Å². The maximum absolute atomic E-state index is 13.4. The molecular weight excluding hydrogens is 231 g/mol. The average Bonchev–Trinajstić information content (AvgIpc) is 2.40. The molecule has 2 rings (SSSR count). The second kappa shape index (κ2) is 6.61. The molecule has 1 aromatic rings. The van der Waals surface area contributed by atoms with E-state index in [9.17, 15) is 9.18 Å². The van der Waals surface area contributed by atoms with E-state index in [1.165, 1.54) is 6.07 Å². The molecule has 0 amide bonds. The van der Waals surface area contributed by atoms with Gasteiger partial charge in [-0.05, 0) is 25.1 Å². The molecule has 1 aliphatic heterocycles. The van der Waals surface area contributed by atoms with Gasteiger partial charge in [-0.15, -0.1) is 0 Å². The van der Waals surface area contributed by atoms with Gasteiger partial charge in [0.2, 0.25) is 0 Å². The fraction of sp³-hybridized carbons (Fsp3) is 0.500. The van der Waals surface area contributed by atoms with Crippen LogP contribution in [0.2, 0.25) is 0 Å². The fourth-order valence-corrected chi connectivity index (χ4v) is 2.22. The van der Waals surface area contributed by atoms with Crippen molar-refractivity contribution >= 4 is 5.78 Å². The summed E-state index contributed by atoms with van der Waals surface area (Å²) in [5.41, 5.74) is 0.220. The van der Waals surface area contributed by atoms with Crippen LogP contribution < -0.4 is 5.32 Å². The van der Waals surface area contributed by atoms with Crippen LogP contribution in [0.15, 0.2) is 24.3 Å². The summed E-state index contributed by atoms with van der Waals surface area (Å²) in [5.74, 6) is -0.507. The highest BCUT2D eigenvalue weighted by atomic mass is 19.1. The standard InChI is InChI=1S/C14H19FN2O/c15-13-5-2-1-4-12(13)14(18)6-3-9-17-10-7-16-8-11-17/h1-2,4-5,16H,3,6-11H2. The lowest BCUT2D eigenvalue weighted by molar-refractivity contribution is 0.0970. The van der Waals surface area contributed by atoms with Gasteiger partial charge >= 0.3 is 0 Å². The topological polar surface area (TPSA) is 32.3 Å². The van der Waals surface area contributed by atoms with Gasteiger partial charge in [-0.2, -0.15) is 0 Å². The summed E-state index contributed by atoms with van der Waals surface area (Å²) in [6.45, 7) is 5.02. The summed E-state index contributed by atoms with van der Waals surface area (Å²) < 4.78 is 13.4. The molecule has 0 saturated carbocycles. The molecule has 18 heavy (non-hydrogen) atoms. The number of hydrogen-bond donors (Lipinski definition) is 1. The first-order chi connectivity index (χ1) is 8.77. The van der Waals surface area contributed by atoms with Crippen LogP contribution in [0.3, 0.4) is 0 Å². The van der Waals surface area contributed by atoms with Crippen LogP contribution in [-0.4, -0.2) is 43.4 Å². The number of hydrogen-bond acceptors (Lipinski definition) is 3. The van der Waals surface area contributed by atoms with E-state index in [0.717, 1.165) is 39.1 Å². The molecule has 1 saturated heterocycles. The van der Waals surface area contributed by atoms with Gasteiger partial charge in [0.25, 0.3) is 0 Å². The molecule has 0 aliphatic carbocycles. The van der Waals surface area contributed by atoms with Crippen LogP contribution in [0.4, 0.5) is 4.39 Å². The Hall–Kier alpha value is -1.26. The second-order valence-corrected chi connectivity index (χ2v) is 4.60. The number of nitrogens with zero attached hydrogens (tertiary/aromatic N) is 1. The molecule has 1 heterocycles. The Bertz CT molecular complexity index is 403. The van der Waals surface area contributed by atoms with Gasteiger partial charge in [-0.3, -0.25) is 4.79 Å². The minimum Gasteiger partial charge on any atom is -0.314 e. The summed E-state index contributed by atoms with van der Waals surface area (Å²) >= 11 is 0. The Kier molecular flexibility index (Phi) is 4.84. The SMILES string of the molecule is O=C(CCCN1CCNCC1)c1ccccc1F. The van der Waals surface area contributed by atoms with Gasteiger partial charge in [-0.1, -0.05) is 12.1 Å². The van der Waals surface area contributed by atoms with Crippen molar-refractivity contribution in [3.05, 3.63) is 35.6 Å². The largest absolute Gasteiger partial charge is 0.314 e. The fourth-order valence-electron chi connectivity index (χ4n) is 2.22. The quantitative estimate of drug-likeness (QED) is 0.807. The predicted octanol–water partition coefficient (Wildman–Crippen LogP) is 1.69. The first-order valence-electron chi connectivity index (χ1n) is 6.48. The Morgan fingerprint density at radius 3 is 2.72 bits per heavy atom. The molecular formula is C14H19FN2O. The molecule has 0 spiro atoms. The van der Waals surface area contributed by atoms with Gasteiger partial charge in [0.15, 0.2) is 5.78 Å². The minimum absolute atomic E-state index is 0.0942. The predicted molar refractivity (Wildman–Crippen MR) is 69.3 cm³/mol. The van der Waals surface area contributed by atoms with Crippen LogP contribution in [0.5, 0.6) is 0 Å². The van der Waals surface area contributed by atoms with E-state index in [2.05, 4.69) is 10.2 Å². The number of Topliss-reactive ketones (excluding diaryl/α,β-unsaturated/α-hetero) is 1. The smallest absolute Gasteiger partial charge is 0.165 e. The van der Waals surface area contributed by atoms with Crippen molar-refractivity contribution in [3.8, 4) is 0 Å². The minimum atomic E-state index is -0.412. The van der Waals surface area contributed by atoms with E-state index in [1.54, 1.807) is 18.2 Å². The lowest BCUT2D eigenvalue weighted by atomic mass is 10.1. The van der Waals surface area contributed by atoms with Crippen molar-refractivity contribution < 1.29 is 9.18 Å². The van der Waals surface area contributed by atoms with E-state index in [0.29, 0.717) is 6.42 Å². The third-order valence-electron chi connectivity index (χ3n) is 3.26. The number of nitrogens with one attached hydrogen (secondary N) is 1. The number of benzene rings is 1. The van der Waals surface area contributed by atoms with Crippen molar-refractivity contribution in [2.45, 2.75) is 12.8 Å². The number of carbonyl (C=O) groups excluding carboxylic acids is 1. The van der Waals surface area contributed by atoms with Crippen molar-refractivity contribution in [1.29, 1.82) is 0 Å². The molecule has 1 aromatic carbocycles. The van der Waals surface area contributed by atoms with Crippen LogP contribution >= 0.6 is 0 Å². The number of rotatable bonds is 5. The first-order valence-corrected chi connectivity index (χ1v) is 6.48. The zero-order chi connectivity index (χ0) is 12.8. The van der Waals surface area contributed by atoms with Crippen LogP contribution in [0.25, 0.3) is 0 Å². The molecule has 0 unspecified atom stereocenters. The van der Waals surface area contributed by atoms with E-state index < -0.39 is 5.82 Å². The Morgan fingerprint density at radius 2 is 2.00 bits per heavy atom. The highest BCUT2D eigenvalue weighted by Crippen LogP contribution is 2.10. The molecule has 1 fully saturated rings. The van der Waals surface area contributed by atoms with Crippen molar-refractivity contribution in [1.82, 2.24) is 10.2 Å². The molecule has 1 N–H and O–H groups in total. The highest BCUT2D eigenvalue weighted by molar-refractivity contribution is 5.96.